The zero-order valence-corrected chi connectivity index (χ0v) is 34.8. The van der Waals surface area contributed by atoms with E-state index in [1.165, 1.54) is 73.9 Å². The first-order valence-corrected chi connectivity index (χ1v) is 20.7. The molecular formula is C53H54O6. The minimum absolute atomic E-state index is 0.0386. The van der Waals surface area contributed by atoms with E-state index in [-0.39, 0.29) is 24.6 Å². The van der Waals surface area contributed by atoms with Crippen LogP contribution < -0.4 is 9.47 Å². The van der Waals surface area contributed by atoms with Crippen molar-refractivity contribution in [1.82, 2.24) is 0 Å². The maximum absolute atomic E-state index is 11.4. The summed E-state index contributed by atoms with van der Waals surface area (Å²) in [4.78, 5) is 22.2. The van der Waals surface area contributed by atoms with Crippen LogP contribution >= 0.6 is 0 Å². The van der Waals surface area contributed by atoms with Gasteiger partial charge in [0.2, 0.25) is 0 Å². The summed E-state index contributed by atoms with van der Waals surface area (Å²) in [6.45, 7) is 8.65. The number of hydrogen-bond acceptors (Lipinski definition) is 5. The van der Waals surface area contributed by atoms with E-state index >= 15 is 0 Å². The van der Waals surface area contributed by atoms with Crippen LogP contribution in [0.1, 0.15) is 93.5 Å². The number of carboxylic acid groups (broad SMARTS) is 1. The number of aryl methyl sites for hydroxylation is 8. The molecule has 6 aromatic carbocycles. The highest BCUT2D eigenvalue weighted by Gasteiger charge is 2.24. The average Bonchev–Trinajstić information content (AvgIpc) is 3.24. The number of benzene rings is 6. The van der Waals surface area contributed by atoms with Crippen LogP contribution in [0.25, 0.3) is 22.3 Å². The first-order chi connectivity index (χ1) is 28.6. The third-order valence-corrected chi connectivity index (χ3v) is 11.7. The van der Waals surface area contributed by atoms with Crippen LogP contribution in [-0.2, 0) is 40.0 Å². The highest BCUT2D eigenvalue weighted by atomic mass is 16.5. The fraction of sp³-hybridized carbons (Fsp3) is 0.283. The first-order valence-electron chi connectivity index (χ1n) is 20.7. The molecule has 2 heterocycles. The van der Waals surface area contributed by atoms with E-state index in [0.717, 1.165) is 48.3 Å². The van der Waals surface area contributed by atoms with Gasteiger partial charge in [0.05, 0.1) is 7.11 Å². The Balaban J connectivity index is 0.000000179. The number of ether oxygens (including phenoxy) is 3. The third kappa shape index (κ3) is 9.94. The normalized spacial score (nSPS) is 15.3. The van der Waals surface area contributed by atoms with Crippen molar-refractivity contribution in [3.8, 4) is 33.8 Å². The van der Waals surface area contributed by atoms with Crippen molar-refractivity contribution < 1.29 is 28.9 Å². The summed E-state index contributed by atoms with van der Waals surface area (Å²) in [5.41, 5.74) is 17.3. The van der Waals surface area contributed by atoms with Gasteiger partial charge in [0.25, 0.3) is 0 Å². The fourth-order valence-corrected chi connectivity index (χ4v) is 8.59. The molecule has 2 unspecified atom stereocenters. The predicted molar refractivity (Wildman–Crippen MR) is 235 cm³/mol. The van der Waals surface area contributed by atoms with Crippen LogP contribution in [0.5, 0.6) is 11.5 Å². The molecule has 6 aromatic rings. The van der Waals surface area contributed by atoms with E-state index in [1.807, 2.05) is 18.2 Å². The molecule has 6 nitrogen and oxygen atoms in total. The van der Waals surface area contributed by atoms with Crippen molar-refractivity contribution in [2.75, 3.05) is 7.11 Å². The van der Waals surface area contributed by atoms with E-state index in [4.69, 9.17) is 19.3 Å². The highest BCUT2D eigenvalue weighted by Crippen LogP contribution is 2.39. The lowest BCUT2D eigenvalue weighted by molar-refractivity contribution is -0.140. The lowest BCUT2D eigenvalue weighted by atomic mass is 9.91. The summed E-state index contributed by atoms with van der Waals surface area (Å²) >= 11 is 0. The van der Waals surface area contributed by atoms with Crippen LogP contribution in [0.2, 0.25) is 0 Å². The topological polar surface area (TPSA) is 82.1 Å². The Kier molecular flexibility index (Phi) is 13.0. The molecule has 8 rings (SSSR count). The molecule has 6 heteroatoms. The minimum Gasteiger partial charge on any atom is -0.485 e. The minimum atomic E-state index is -0.761. The van der Waals surface area contributed by atoms with Gasteiger partial charge in [0.1, 0.15) is 23.7 Å². The van der Waals surface area contributed by atoms with Gasteiger partial charge in [-0.05, 0) is 168 Å². The molecule has 59 heavy (non-hydrogen) atoms. The van der Waals surface area contributed by atoms with Crippen molar-refractivity contribution in [1.29, 1.82) is 0 Å². The number of esters is 1. The quantitative estimate of drug-likeness (QED) is 0.139. The molecule has 0 spiro atoms. The van der Waals surface area contributed by atoms with E-state index < -0.39 is 5.97 Å². The van der Waals surface area contributed by atoms with Gasteiger partial charge in [-0.15, -0.1) is 0 Å². The summed E-state index contributed by atoms with van der Waals surface area (Å²) in [6.07, 6.45) is 5.70. The molecule has 0 fully saturated rings. The Labute approximate surface area is 348 Å². The number of carbonyl (C=O) groups is 2. The van der Waals surface area contributed by atoms with E-state index in [2.05, 4.69) is 131 Å². The number of fused-ring (bicyclic) bond motifs is 2. The number of hydrogen-bond donors (Lipinski definition) is 1. The van der Waals surface area contributed by atoms with Crippen molar-refractivity contribution >= 4 is 11.9 Å². The molecule has 0 saturated heterocycles. The van der Waals surface area contributed by atoms with E-state index in [9.17, 15) is 9.59 Å². The Morgan fingerprint density at radius 1 is 0.576 bits per heavy atom. The van der Waals surface area contributed by atoms with Gasteiger partial charge in [-0.2, -0.15) is 0 Å². The van der Waals surface area contributed by atoms with Crippen LogP contribution in [-0.4, -0.2) is 24.2 Å². The number of rotatable bonds is 10. The van der Waals surface area contributed by atoms with Crippen molar-refractivity contribution in [3.63, 3.8) is 0 Å². The van der Waals surface area contributed by atoms with Crippen molar-refractivity contribution in [2.24, 2.45) is 0 Å². The summed E-state index contributed by atoms with van der Waals surface area (Å²) in [7, 11) is 1.43. The molecule has 0 amide bonds. The molecule has 0 aromatic heterocycles. The summed E-state index contributed by atoms with van der Waals surface area (Å²) < 4.78 is 17.5. The monoisotopic (exact) mass is 786 g/mol. The lowest BCUT2D eigenvalue weighted by Crippen LogP contribution is -2.15. The van der Waals surface area contributed by atoms with Gasteiger partial charge in [-0.3, -0.25) is 9.59 Å². The lowest BCUT2D eigenvalue weighted by Gasteiger charge is -2.27. The van der Waals surface area contributed by atoms with Crippen LogP contribution in [0.15, 0.2) is 121 Å². The molecule has 2 aliphatic heterocycles. The number of carboxylic acids is 1. The first kappa shape index (κ1) is 41.0. The Hall–Kier alpha value is -6.14. The standard InChI is InChI=1S/C27H28O3.C26H26O3/c1-18-6-4-7-19(2)27(18)23-9-5-8-21(17-23)25-14-12-22-16-20(10-13-24(22)30-25)11-15-26(28)29-3;1-17-5-3-6-18(2)26(17)22-8-4-7-20(16-22)24-13-11-21-15-19(10-14-25(27)28)9-12-23(21)29-24/h4-10,13,16-17,25H,11-12,14-15H2,1-3H3;3-9,12,15-16,24H,10-11,13-14H2,1-2H3,(H,27,28). The largest absolute Gasteiger partial charge is 0.485 e. The Bertz CT molecular complexity index is 2420. The number of carbonyl (C=O) groups excluding carboxylic acids is 1. The maximum Gasteiger partial charge on any atom is 0.305 e. The van der Waals surface area contributed by atoms with Crippen LogP contribution in [0.3, 0.4) is 0 Å². The Morgan fingerprint density at radius 3 is 1.42 bits per heavy atom. The zero-order chi connectivity index (χ0) is 41.5. The van der Waals surface area contributed by atoms with Crippen LogP contribution in [0.4, 0.5) is 0 Å². The Morgan fingerprint density at radius 2 is 1.00 bits per heavy atom. The SMILES string of the molecule is COC(=O)CCc1ccc2c(c1)CCC(c1cccc(-c3c(C)cccc3C)c1)O2.Cc1cccc(C)c1-c1cccc(C2CCc3cc(CCC(=O)O)ccc3O2)c1. The van der Waals surface area contributed by atoms with Gasteiger partial charge in [-0.25, -0.2) is 0 Å². The van der Waals surface area contributed by atoms with Crippen molar-refractivity contribution in [2.45, 2.75) is 91.3 Å². The highest BCUT2D eigenvalue weighted by molar-refractivity contribution is 5.73. The predicted octanol–water partition coefficient (Wildman–Crippen LogP) is 12.2. The summed E-state index contributed by atoms with van der Waals surface area (Å²) in [5, 5.41) is 8.89. The van der Waals surface area contributed by atoms with Crippen LogP contribution in [0, 0.1) is 27.7 Å². The second kappa shape index (κ2) is 18.6. The van der Waals surface area contributed by atoms with Gasteiger partial charge >= 0.3 is 11.9 Å². The van der Waals surface area contributed by atoms with Gasteiger partial charge in [0, 0.05) is 12.8 Å². The second-order valence-corrected chi connectivity index (χ2v) is 15.9. The zero-order valence-electron chi connectivity index (χ0n) is 34.8. The van der Waals surface area contributed by atoms with Crippen molar-refractivity contribution in [3.05, 3.63) is 177 Å². The molecule has 2 atom stereocenters. The molecule has 1 N–H and O–H groups in total. The number of methoxy groups -OCH3 is 1. The molecule has 302 valence electrons. The molecule has 0 saturated carbocycles. The molecule has 0 bridgehead atoms. The third-order valence-electron chi connectivity index (χ3n) is 11.7. The van der Waals surface area contributed by atoms with E-state index in [1.54, 1.807) is 0 Å². The smallest absolute Gasteiger partial charge is 0.305 e. The second-order valence-electron chi connectivity index (χ2n) is 15.9. The molecule has 2 aliphatic rings. The number of aliphatic carboxylic acids is 1. The van der Waals surface area contributed by atoms with E-state index in [0.29, 0.717) is 19.3 Å². The summed E-state index contributed by atoms with van der Waals surface area (Å²) in [5.74, 6) is 0.930. The average molecular weight is 787 g/mol. The van der Waals surface area contributed by atoms with Gasteiger partial charge < -0.3 is 19.3 Å². The molecule has 0 radical (unpaired) electrons. The maximum atomic E-state index is 11.4. The molecular weight excluding hydrogens is 733 g/mol. The molecule has 0 aliphatic carbocycles. The van der Waals surface area contributed by atoms with Gasteiger partial charge in [0.15, 0.2) is 0 Å². The van der Waals surface area contributed by atoms with Gasteiger partial charge in [-0.1, -0.05) is 97.1 Å². The fourth-order valence-electron chi connectivity index (χ4n) is 8.59. The summed E-state index contributed by atoms with van der Waals surface area (Å²) in [6, 6.07) is 42.6.